The molecule has 7 nitrogen and oxygen atoms in total. The van der Waals surface area contributed by atoms with Gasteiger partial charge in [0.15, 0.2) is 0 Å². The van der Waals surface area contributed by atoms with E-state index in [1.165, 1.54) is 5.56 Å². The molecule has 2 unspecified atom stereocenters. The standard InChI is InChI=1S/C24H21N5O2/c1-15-12-13-20(19-11-7-6-10-18(15)19)22-21(16(2)25-24-26-27-28-29(22)24)23(30)31-14-17-8-4-3-5-9-17/h3-13,21-22H,14H2,1-2H3. The molecular formula is C24H21N5O2. The zero-order valence-corrected chi connectivity index (χ0v) is 17.3. The van der Waals surface area contributed by atoms with Crippen molar-refractivity contribution in [3.05, 3.63) is 83.4 Å². The summed E-state index contributed by atoms with van der Waals surface area (Å²) < 4.78 is 7.34. The zero-order chi connectivity index (χ0) is 21.4. The highest BCUT2D eigenvalue weighted by molar-refractivity contribution is 6.04. The second-order valence-corrected chi connectivity index (χ2v) is 7.71. The van der Waals surface area contributed by atoms with Crippen molar-refractivity contribution in [2.24, 2.45) is 10.9 Å². The largest absolute Gasteiger partial charge is 0.460 e. The van der Waals surface area contributed by atoms with Gasteiger partial charge in [-0.25, -0.2) is 9.67 Å². The van der Waals surface area contributed by atoms with E-state index in [2.05, 4.69) is 45.6 Å². The lowest BCUT2D eigenvalue weighted by molar-refractivity contribution is -0.148. The molecule has 154 valence electrons. The van der Waals surface area contributed by atoms with E-state index in [0.29, 0.717) is 11.7 Å². The number of tetrazole rings is 1. The molecule has 1 aliphatic heterocycles. The Hall–Kier alpha value is -3.87. The van der Waals surface area contributed by atoms with Crippen molar-refractivity contribution in [1.29, 1.82) is 0 Å². The molecule has 7 heteroatoms. The van der Waals surface area contributed by atoms with Crippen LogP contribution in [0.2, 0.25) is 0 Å². The maximum Gasteiger partial charge on any atom is 0.317 e. The van der Waals surface area contributed by atoms with Crippen LogP contribution < -0.4 is 0 Å². The molecule has 0 aliphatic carbocycles. The third kappa shape index (κ3) is 3.38. The Morgan fingerprint density at radius 3 is 2.52 bits per heavy atom. The first-order chi connectivity index (χ1) is 15.1. The minimum atomic E-state index is -0.633. The van der Waals surface area contributed by atoms with Crippen LogP contribution in [0, 0.1) is 12.8 Å². The van der Waals surface area contributed by atoms with Crippen LogP contribution in [-0.2, 0) is 16.1 Å². The summed E-state index contributed by atoms with van der Waals surface area (Å²) in [7, 11) is 0. The first-order valence-electron chi connectivity index (χ1n) is 10.2. The maximum absolute atomic E-state index is 13.3. The van der Waals surface area contributed by atoms with Gasteiger partial charge in [-0.05, 0) is 51.7 Å². The van der Waals surface area contributed by atoms with E-state index in [1.807, 2.05) is 55.5 Å². The Balaban J connectivity index is 1.59. The van der Waals surface area contributed by atoms with Gasteiger partial charge >= 0.3 is 5.97 Å². The number of benzene rings is 3. The molecule has 0 bridgehead atoms. The number of nitrogens with zero attached hydrogens (tertiary/aromatic N) is 5. The van der Waals surface area contributed by atoms with Crippen LogP contribution in [-0.4, -0.2) is 31.9 Å². The van der Waals surface area contributed by atoms with Crippen LogP contribution in [0.1, 0.15) is 29.7 Å². The summed E-state index contributed by atoms with van der Waals surface area (Å²) >= 11 is 0. The second-order valence-electron chi connectivity index (χ2n) is 7.71. The van der Waals surface area contributed by atoms with Crippen LogP contribution in [0.15, 0.2) is 71.7 Å². The highest BCUT2D eigenvalue weighted by atomic mass is 16.5. The van der Waals surface area contributed by atoms with E-state index in [9.17, 15) is 4.79 Å². The normalized spacial score (nSPS) is 17.8. The molecule has 5 rings (SSSR count). The van der Waals surface area contributed by atoms with E-state index in [0.717, 1.165) is 21.9 Å². The molecule has 0 saturated heterocycles. The molecular weight excluding hydrogens is 390 g/mol. The monoisotopic (exact) mass is 411 g/mol. The van der Waals surface area contributed by atoms with Crippen molar-refractivity contribution in [2.45, 2.75) is 26.5 Å². The molecule has 0 amide bonds. The average molecular weight is 411 g/mol. The topological polar surface area (TPSA) is 82.3 Å². The lowest BCUT2D eigenvalue weighted by Crippen LogP contribution is -2.37. The number of fused-ring (bicyclic) bond motifs is 2. The molecule has 0 fully saturated rings. The summed E-state index contributed by atoms with van der Waals surface area (Å²) in [5.41, 5.74) is 3.70. The molecule has 0 spiro atoms. The Bertz CT molecular complexity index is 1300. The number of aliphatic imine (C=N–C) groups is 1. The Morgan fingerprint density at radius 2 is 1.71 bits per heavy atom. The summed E-state index contributed by atoms with van der Waals surface area (Å²) in [5, 5.41) is 14.2. The van der Waals surface area contributed by atoms with Crippen LogP contribution >= 0.6 is 0 Å². The van der Waals surface area contributed by atoms with E-state index in [-0.39, 0.29) is 12.6 Å². The highest BCUT2D eigenvalue weighted by Gasteiger charge is 2.41. The molecule has 1 aromatic heterocycles. The third-order valence-electron chi connectivity index (χ3n) is 5.75. The number of carbonyl (C=O) groups excluding carboxylic acids is 1. The minimum absolute atomic E-state index is 0.202. The lowest BCUT2D eigenvalue weighted by Gasteiger charge is -2.30. The van der Waals surface area contributed by atoms with Gasteiger partial charge in [-0.2, -0.15) is 0 Å². The first kappa shape index (κ1) is 19.1. The number of aryl methyl sites for hydroxylation is 1. The molecule has 31 heavy (non-hydrogen) atoms. The summed E-state index contributed by atoms with van der Waals surface area (Å²) in [6.07, 6.45) is 0. The van der Waals surface area contributed by atoms with E-state index in [1.54, 1.807) is 4.68 Å². The number of hydrogen-bond acceptors (Lipinski definition) is 6. The molecule has 2 atom stereocenters. The minimum Gasteiger partial charge on any atom is -0.460 e. The molecule has 0 saturated carbocycles. The Kier molecular flexibility index (Phi) is 4.78. The SMILES string of the molecule is CC1=Nc2nnnn2C(c2ccc(C)c3ccccc23)C1C(=O)OCc1ccccc1. The third-order valence-corrected chi connectivity index (χ3v) is 5.75. The Morgan fingerprint density at radius 1 is 0.968 bits per heavy atom. The summed E-state index contributed by atoms with van der Waals surface area (Å²) in [4.78, 5) is 17.8. The van der Waals surface area contributed by atoms with Crippen LogP contribution in [0.3, 0.4) is 0 Å². The van der Waals surface area contributed by atoms with Gasteiger partial charge < -0.3 is 4.74 Å². The summed E-state index contributed by atoms with van der Waals surface area (Å²) in [6, 6.07) is 21.5. The molecule has 0 N–H and O–H groups in total. The number of aromatic nitrogens is 4. The van der Waals surface area contributed by atoms with Crippen molar-refractivity contribution in [1.82, 2.24) is 20.2 Å². The number of rotatable bonds is 4. The fourth-order valence-electron chi connectivity index (χ4n) is 4.20. The summed E-state index contributed by atoms with van der Waals surface area (Å²) in [5.74, 6) is -0.592. The molecule has 1 aliphatic rings. The van der Waals surface area contributed by atoms with Gasteiger partial charge in [0.05, 0.1) is 0 Å². The summed E-state index contributed by atoms with van der Waals surface area (Å²) in [6.45, 7) is 4.11. The van der Waals surface area contributed by atoms with Crippen LogP contribution in [0.4, 0.5) is 5.95 Å². The average Bonchev–Trinajstić information content (AvgIpc) is 3.26. The van der Waals surface area contributed by atoms with Crippen molar-refractivity contribution in [3.63, 3.8) is 0 Å². The molecule has 2 heterocycles. The van der Waals surface area contributed by atoms with Crippen LogP contribution in [0.25, 0.3) is 10.8 Å². The van der Waals surface area contributed by atoms with Crippen molar-refractivity contribution < 1.29 is 9.53 Å². The predicted octanol–water partition coefficient (Wildman–Crippen LogP) is 4.19. The smallest absolute Gasteiger partial charge is 0.317 e. The van der Waals surface area contributed by atoms with Gasteiger partial charge in [0.25, 0.3) is 5.95 Å². The van der Waals surface area contributed by atoms with Crippen molar-refractivity contribution in [2.75, 3.05) is 0 Å². The van der Waals surface area contributed by atoms with E-state index < -0.39 is 12.0 Å². The number of hydrogen-bond donors (Lipinski definition) is 0. The van der Waals surface area contributed by atoms with Gasteiger partial charge in [-0.3, -0.25) is 4.79 Å². The fourth-order valence-corrected chi connectivity index (χ4v) is 4.20. The number of carbonyl (C=O) groups is 1. The second kappa shape index (κ2) is 7.75. The molecule has 0 radical (unpaired) electrons. The molecule has 4 aromatic rings. The Labute approximate surface area is 179 Å². The van der Waals surface area contributed by atoms with Gasteiger partial charge in [0.1, 0.15) is 18.6 Å². The van der Waals surface area contributed by atoms with Gasteiger partial charge in [-0.15, -0.1) is 0 Å². The van der Waals surface area contributed by atoms with Gasteiger partial charge in [0.2, 0.25) is 0 Å². The van der Waals surface area contributed by atoms with E-state index >= 15 is 0 Å². The number of ether oxygens (including phenoxy) is 1. The highest BCUT2D eigenvalue weighted by Crippen LogP contribution is 2.39. The van der Waals surface area contributed by atoms with Crippen molar-refractivity contribution in [3.8, 4) is 0 Å². The van der Waals surface area contributed by atoms with Gasteiger partial charge in [-0.1, -0.05) is 71.8 Å². The maximum atomic E-state index is 13.3. The fraction of sp³-hybridized carbons (Fsp3) is 0.208. The quantitative estimate of drug-likeness (QED) is 0.470. The zero-order valence-electron chi connectivity index (χ0n) is 17.3. The predicted molar refractivity (Wildman–Crippen MR) is 117 cm³/mol. The lowest BCUT2D eigenvalue weighted by atomic mass is 9.85. The number of esters is 1. The van der Waals surface area contributed by atoms with Crippen LogP contribution in [0.5, 0.6) is 0 Å². The molecule has 3 aromatic carbocycles. The first-order valence-corrected chi connectivity index (χ1v) is 10.2. The van der Waals surface area contributed by atoms with E-state index in [4.69, 9.17) is 4.74 Å². The van der Waals surface area contributed by atoms with Crippen molar-refractivity contribution >= 4 is 28.4 Å². The van der Waals surface area contributed by atoms with Gasteiger partial charge in [0, 0.05) is 5.71 Å².